The SMILES string of the molecule is CC(C)(/C=N\OC(=O)Nc1ccc(Cl)c(Cl)c1)n1cncn1. The van der Waals surface area contributed by atoms with E-state index < -0.39 is 11.6 Å². The lowest BCUT2D eigenvalue weighted by Gasteiger charge is -2.18. The van der Waals surface area contributed by atoms with E-state index >= 15 is 0 Å². The number of halogens is 2. The Hall–Kier alpha value is -2.12. The van der Waals surface area contributed by atoms with Crippen molar-refractivity contribution >= 4 is 41.2 Å². The van der Waals surface area contributed by atoms with Gasteiger partial charge < -0.3 is 0 Å². The Labute approximate surface area is 136 Å². The molecule has 116 valence electrons. The number of hydrogen-bond acceptors (Lipinski definition) is 5. The van der Waals surface area contributed by atoms with Gasteiger partial charge in [0.1, 0.15) is 12.7 Å². The van der Waals surface area contributed by atoms with Crippen LogP contribution in [0.15, 0.2) is 36.0 Å². The average molecular weight is 342 g/mol. The number of hydrogen-bond donors (Lipinski definition) is 1. The van der Waals surface area contributed by atoms with Crippen LogP contribution >= 0.6 is 23.2 Å². The summed E-state index contributed by atoms with van der Waals surface area (Å²) in [6.45, 7) is 3.68. The molecule has 0 aliphatic heterocycles. The normalized spacial score (nSPS) is 11.6. The van der Waals surface area contributed by atoms with Crippen molar-refractivity contribution in [3.63, 3.8) is 0 Å². The van der Waals surface area contributed by atoms with E-state index in [1.165, 1.54) is 18.6 Å². The highest BCUT2D eigenvalue weighted by Gasteiger charge is 2.18. The fraction of sp³-hybridized carbons (Fsp3) is 0.231. The Morgan fingerprint density at radius 2 is 2.18 bits per heavy atom. The molecule has 0 unspecified atom stereocenters. The second-order valence-corrected chi connectivity index (χ2v) is 5.68. The fourth-order valence-electron chi connectivity index (χ4n) is 1.48. The first-order valence-corrected chi connectivity index (χ1v) is 6.97. The largest absolute Gasteiger partial charge is 0.437 e. The van der Waals surface area contributed by atoms with Gasteiger partial charge in [0.25, 0.3) is 0 Å². The molecule has 9 heteroatoms. The molecular weight excluding hydrogens is 329 g/mol. The maximum absolute atomic E-state index is 11.6. The molecule has 1 aromatic heterocycles. The average Bonchev–Trinajstić information content (AvgIpc) is 2.97. The molecule has 0 spiro atoms. The second-order valence-electron chi connectivity index (χ2n) is 4.86. The van der Waals surface area contributed by atoms with Gasteiger partial charge in [-0.1, -0.05) is 28.4 Å². The van der Waals surface area contributed by atoms with Crippen molar-refractivity contribution in [1.82, 2.24) is 14.8 Å². The lowest BCUT2D eigenvalue weighted by Crippen LogP contribution is -2.28. The highest BCUT2D eigenvalue weighted by atomic mass is 35.5. The molecule has 0 aliphatic rings. The number of carbonyl (C=O) groups is 1. The molecule has 0 saturated heterocycles. The van der Waals surface area contributed by atoms with Gasteiger partial charge in [-0.2, -0.15) is 5.10 Å². The van der Waals surface area contributed by atoms with Crippen LogP contribution < -0.4 is 5.32 Å². The summed E-state index contributed by atoms with van der Waals surface area (Å²) in [4.78, 5) is 20.2. The minimum atomic E-state index is -0.746. The van der Waals surface area contributed by atoms with Crippen molar-refractivity contribution in [2.45, 2.75) is 19.4 Å². The Bertz CT molecular complexity index is 686. The van der Waals surface area contributed by atoms with E-state index in [1.54, 1.807) is 23.1 Å². The third-order valence-electron chi connectivity index (χ3n) is 2.68. The van der Waals surface area contributed by atoms with Crippen LogP contribution in [0.2, 0.25) is 10.0 Å². The quantitative estimate of drug-likeness (QED) is 0.523. The topological polar surface area (TPSA) is 81.4 Å². The molecule has 2 aromatic rings. The molecule has 0 radical (unpaired) electrons. The van der Waals surface area contributed by atoms with Crippen LogP contribution in [0, 0.1) is 0 Å². The predicted molar refractivity (Wildman–Crippen MR) is 84.4 cm³/mol. The number of aromatic nitrogens is 3. The molecule has 0 bridgehead atoms. The lowest BCUT2D eigenvalue weighted by molar-refractivity contribution is 0.166. The molecule has 1 N–H and O–H groups in total. The summed E-state index contributed by atoms with van der Waals surface area (Å²) in [6.07, 6.45) is 3.65. The molecule has 0 saturated carbocycles. The number of rotatable bonds is 4. The van der Waals surface area contributed by atoms with Crippen LogP contribution in [0.3, 0.4) is 0 Å². The number of amides is 1. The summed E-state index contributed by atoms with van der Waals surface area (Å²) in [5.74, 6) is 0. The van der Waals surface area contributed by atoms with Gasteiger partial charge >= 0.3 is 6.09 Å². The highest BCUT2D eigenvalue weighted by Crippen LogP contribution is 2.25. The zero-order chi connectivity index (χ0) is 16.2. The number of carbonyl (C=O) groups excluding carboxylic acids is 1. The fourth-order valence-corrected chi connectivity index (χ4v) is 1.78. The number of oxime groups is 1. The maximum atomic E-state index is 11.6. The Morgan fingerprint density at radius 3 is 2.82 bits per heavy atom. The van der Waals surface area contributed by atoms with Gasteiger partial charge in [0.05, 0.1) is 21.8 Å². The molecular formula is C13H13Cl2N5O2. The zero-order valence-electron chi connectivity index (χ0n) is 11.8. The van der Waals surface area contributed by atoms with Gasteiger partial charge in [-0.25, -0.2) is 14.5 Å². The van der Waals surface area contributed by atoms with Gasteiger partial charge in [0.2, 0.25) is 0 Å². The molecule has 0 fully saturated rings. The standard InChI is InChI=1S/C13H13Cl2N5O2/c1-13(2,20-8-16-7-17-20)6-18-22-12(21)19-9-3-4-10(14)11(15)5-9/h3-8H,1-2H3,(H,19,21)/b18-6-. The minimum absolute atomic E-state index is 0.329. The first kappa shape index (κ1) is 16.3. The van der Waals surface area contributed by atoms with Gasteiger partial charge in [-0.05, 0) is 32.0 Å². The van der Waals surface area contributed by atoms with Crippen LogP contribution in [-0.4, -0.2) is 27.1 Å². The van der Waals surface area contributed by atoms with E-state index in [2.05, 4.69) is 20.6 Å². The predicted octanol–water partition coefficient (Wildman–Crippen LogP) is 3.55. The minimum Gasteiger partial charge on any atom is -0.298 e. The van der Waals surface area contributed by atoms with Crippen molar-refractivity contribution in [1.29, 1.82) is 0 Å². The summed E-state index contributed by atoms with van der Waals surface area (Å²) in [6, 6.07) is 4.67. The van der Waals surface area contributed by atoms with E-state index in [-0.39, 0.29) is 0 Å². The molecule has 7 nitrogen and oxygen atoms in total. The van der Waals surface area contributed by atoms with Crippen molar-refractivity contribution in [2.24, 2.45) is 5.16 Å². The van der Waals surface area contributed by atoms with Crippen molar-refractivity contribution < 1.29 is 9.63 Å². The molecule has 0 atom stereocenters. The summed E-state index contributed by atoms with van der Waals surface area (Å²) >= 11 is 11.6. The van der Waals surface area contributed by atoms with Crippen molar-refractivity contribution in [3.05, 3.63) is 40.9 Å². The number of nitrogens with one attached hydrogen (secondary N) is 1. The van der Waals surface area contributed by atoms with E-state index in [1.807, 2.05) is 13.8 Å². The van der Waals surface area contributed by atoms with E-state index in [4.69, 9.17) is 28.0 Å². The lowest BCUT2D eigenvalue weighted by atomic mass is 10.1. The molecule has 1 aromatic carbocycles. The summed E-state index contributed by atoms with van der Waals surface area (Å²) < 4.78 is 1.58. The zero-order valence-corrected chi connectivity index (χ0v) is 13.3. The Morgan fingerprint density at radius 1 is 1.41 bits per heavy atom. The molecule has 22 heavy (non-hydrogen) atoms. The Kier molecular flexibility index (Phi) is 4.99. The second kappa shape index (κ2) is 6.76. The van der Waals surface area contributed by atoms with Gasteiger partial charge in [0, 0.05) is 5.69 Å². The van der Waals surface area contributed by atoms with Crippen LogP contribution in [0.1, 0.15) is 13.8 Å². The smallest absolute Gasteiger partial charge is 0.298 e. The molecule has 1 heterocycles. The van der Waals surface area contributed by atoms with Gasteiger partial charge in [0.15, 0.2) is 0 Å². The van der Waals surface area contributed by atoms with Crippen LogP contribution in [0.25, 0.3) is 0 Å². The van der Waals surface area contributed by atoms with Crippen molar-refractivity contribution in [3.8, 4) is 0 Å². The number of benzene rings is 1. The number of nitrogens with zero attached hydrogens (tertiary/aromatic N) is 4. The number of anilines is 1. The Balaban J connectivity index is 1.92. The summed E-state index contributed by atoms with van der Waals surface area (Å²) in [7, 11) is 0. The third-order valence-corrected chi connectivity index (χ3v) is 3.42. The van der Waals surface area contributed by atoms with Crippen molar-refractivity contribution in [2.75, 3.05) is 5.32 Å². The summed E-state index contributed by atoms with van der Waals surface area (Å²) in [5.41, 5.74) is -0.134. The third kappa shape index (κ3) is 4.19. The summed E-state index contributed by atoms with van der Waals surface area (Å²) in [5, 5.41) is 10.9. The first-order chi connectivity index (χ1) is 10.4. The molecule has 1 amide bonds. The van der Waals surface area contributed by atoms with E-state index in [0.29, 0.717) is 15.7 Å². The monoisotopic (exact) mass is 341 g/mol. The molecule has 0 aliphatic carbocycles. The van der Waals surface area contributed by atoms with Gasteiger partial charge in [-0.3, -0.25) is 10.2 Å². The van der Waals surface area contributed by atoms with E-state index in [9.17, 15) is 4.79 Å². The van der Waals surface area contributed by atoms with E-state index in [0.717, 1.165) is 0 Å². The van der Waals surface area contributed by atoms with Crippen LogP contribution in [0.5, 0.6) is 0 Å². The molecule has 2 rings (SSSR count). The maximum Gasteiger partial charge on any atom is 0.437 e. The van der Waals surface area contributed by atoms with Crippen LogP contribution in [0.4, 0.5) is 10.5 Å². The first-order valence-electron chi connectivity index (χ1n) is 6.21. The highest BCUT2D eigenvalue weighted by molar-refractivity contribution is 6.42. The van der Waals surface area contributed by atoms with Gasteiger partial charge in [-0.15, -0.1) is 0 Å². The van der Waals surface area contributed by atoms with Crippen LogP contribution in [-0.2, 0) is 10.4 Å².